The van der Waals surface area contributed by atoms with E-state index in [2.05, 4.69) is 10.4 Å². The molecule has 0 bridgehead atoms. The Morgan fingerprint density at radius 1 is 1.50 bits per heavy atom. The summed E-state index contributed by atoms with van der Waals surface area (Å²) >= 11 is 0. The second kappa shape index (κ2) is 6.25. The van der Waals surface area contributed by atoms with Crippen molar-refractivity contribution in [1.29, 1.82) is 0 Å². The predicted octanol–water partition coefficient (Wildman–Crippen LogP) is 2.30. The molecule has 2 rings (SSSR count). The average Bonchev–Trinajstić information content (AvgIpc) is 2.85. The van der Waals surface area contributed by atoms with Crippen LogP contribution >= 0.6 is 0 Å². The van der Waals surface area contributed by atoms with E-state index in [-0.39, 0.29) is 11.7 Å². The van der Waals surface area contributed by atoms with Crippen molar-refractivity contribution >= 4 is 17.4 Å². The number of urea groups is 1. The Bertz CT molecular complexity index is 710. The number of anilines is 1. The first-order chi connectivity index (χ1) is 10.4. The number of aryl methyl sites for hydroxylation is 2. The summed E-state index contributed by atoms with van der Waals surface area (Å²) in [6.45, 7) is 2.05. The summed E-state index contributed by atoms with van der Waals surface area (Å²) in [5.41, 5.74) is 1.81. The van der Waals surface area contributed by atoms with Crippen molar-refractivity contribution in [3.63, 3.8) is 0 Å². The summed E-state index contributed by atoms with van der Waals surface area (Å²) in [6, 6.07) is 4.25. The van der Waals surface area contributed by atoms with Gasteiger partial charge in [0.1, 0.15) is 0 Å². The zero-order valence-corrected chi connectivity index (χ0v) is 12.6. The first kappa shape index (κ1) is 15.5. The van der Waals surface area contributed by atoms with Crippen LogP contribution < -0.4 is 5.32 Å². The second-order valence-electron chi connectivity index (χ2n) is 5.07. The molecule has 1 aromatic carbocycles. The van der Waals surface area contributed by atoms with Gasteiger partial charge in [-0.05, 0) is 13.0 Å². The van der Waals surface area contributed by atoms with Gasteiger partial charge in [-0.25, -0.2) is 4.79 Å². The van der Waals surface area contributed by atoms with Crippen molar-refractivity contribution in [2.45, 2.75) is 13.5 Å². The third kappa shape index (κ3) is 3.60. The van der Waals surface area contributed by atoms with Crippen molar-refractivity contribution in [3.05, 3.63) is 51.8 Å². The molecule has 8 nitrogen and oxygen atoms in total. The van der Waals surface area contributed by atoms with Gasteiger partial charge in [-0.2, -0.15) is 5.10 Å². The highest BCUT2D eigenvalue weighted by atomic mass is 16.6. The van der Waals surface area contributed by atoms with Crippen molar-refractivity contribution in [2.75, 3.05) is 12.4 Å². The fraction of sp³-hybridized carbons (Fsp3) is 0.286. The minimum atomic E-state index is -0.468. The summed E-state index contributed by atoms with van der Waals surface area (Å²) in [5, 5.41) is 17.6. The lowest BCUT2D eigenvalue weighted by Gasteiger charge is -2.17. The smallest absolute Gasteiger partial charge is 0.321 e. The zero-order valence-electron chi connectivity index (χ0n) is 12.6. The van der Waals surface area contributed by atoms with Crippen LogP contribution in [-0.2, 0) is 13.6 Å². The van der Waals surface area contributed by atoms with Crippen LogP contribution in [0.4, 0.5) is 16.2 Å². The van der Waals surface area contributed by atoms with E-state index >= 15 is 0 Å². The van der Waals surface area contributed by atoms with Crippen LogP contribution in [0.1, 0.15) is 11.1 Å². The Hall–Kier alpha value is -2.90. The molecule has 0 atom stereocenters. The first-order valence-electron chi connectivity index (χ1n) is 6.61. The number of benzene rings is 1. The summed E-state index contributed by atoms with van der Waals surface area (Å²) in [7, 11) is 3.44. The standard InChI is InChI=1S/C14H17N5O3/c1-10-4-5-12(6-13(10)19(21)22)16-14(20)17(2)8-11-7-15-18(3)9-11/h4-7,9H,8H2,1-3H3,(H,16,20). The van der Waals surface area contributed by atoms with Gasteiger partial charge in [-0.3, -0.25) is 14.8 Å². The maximum atomic E-state index is 12.1. The number of amides is 2. The van der Waals surface area contributed by atoms with Gasteiger partial charge in [-0.1, -0.05) is 6.07 Å². The third-order valence-corrected chi connectivity index (χ3v) is 3.18. The van der Waals surface area contributed by atoms with Gasteiger partial charge in [0.2, 0.25) is 0 Å². The zero-order chi connectivity index (χ0) is 16.3. The van der Waals surface area contributed by atoms with E-state index < -0.39 is 4.92 Å². The summed E-state index contributed by atoms with van der Waals surface area (Å²) in [5.74, 6) is 0. The van der Waals surface area contributed by atoms with E-state index in [1.54, 1.807) is 44.0 Å². The molecule has 0 fully saturated rings. The molecule has 2 amide bonds. The van der Waals surface area contributed by atoms with Gasteiger partial charge in [0.05, 0.1) is 17.7 Å². The van der Waals surface area contributed by atoms with Crippen molar-refractivity contribution < 1.29 is 9.72 Å². The fourth-order valence-corrected chi connectivity index (χ4v) is 2.00. The summed E-state index contributed by atoms with van der Waals surface area (Å²) < 4.78 is 1.66. The fourth-order valence-electron chi connectivity index (χ4n) is 2.00. The third-order valence-electron chi connectivity index (χ3n) is 3.18. The van der Waals surface area contributed by atoms with Gasteiger partial charge >= 0.3 is 6.03 Å². The highest BCUT2D eigenvalue weighted by Crippen LogP contribution is 2.22. The van der Waals surface area contributed by atoms with Gasteiger partial charge in [0.25, 0.3) is 5.69 Å². The van der Waals surface area contributed by atoms with E-state index in [0.717, 1.165) is 5.56 Å². The van der Waals surface area contributed by atoms with Gasteiger partial charge in [-0.15, -0.1) is 0 Å². The molecule has 22 heavy (non-hydrogen) atoms. The molecule has 0 unspecified atom stereocenters. The Morgan fingerprint density at radius 2 is 2.23 bits per heavy atom. The maximum absolute atomic E-state index is 12.1. The number of hydrogen-bond acceptors (Lipinski definition) is 4. The normalized spacial score (nSPS) is 10.3. The molecule has 8 heteroatoms. The first-order valence-corrected chi connectivity index (χ1v) is 6.61. The average molecular weight is 303 g/mol. The topological polar surface area (TPSA) is 93.3 Å². The lowest BCUT2D eigenvalue weighted by Crippen LogP contribution is -2.30. The Kier molecular flexibility index (Phi) is 4.40. The summed E-state index contributed by atoms with van der Waals surface area (Å²) in [6.07, 6.45) is 3.50. The number of nitrogens with one attached hydrogen (secondary N) is 1. The molecule has 116 valence electrons. The number of rotatable bonds is 4. The van der Waals surface area contributed by atoms with Crippen LogP contribution in [0.15, 0.2) is 30.6 Å². The maximum Gasteiger partial charge on any atom is 0.321 e. The van der Waals surface area contributed by atoms with Gasteiger partial charge in [0.15, 0.2) is 0 Å². The summed E-state index contributed by atoms with van der Waals surface area (Å²) in [4.78, 5) is 24.0. The van der Waals surface area contributed by atoms with Crippen LogP contribution in [0.5, 0.6) is 0 Å². The Labute approximate surface area is 127 Å². The highest BCUT2D eigenvalue weighted by molar-refractivity contribution is 5.89. The molecule has 0 aliphatic rings. The molecule has 0 aliphatic heterocycles. The molecule has 1 N–H and O–H groups in total. The van der Waals surface area contributed by atoms with E-state index in [9.17, 15) is 14.9 Å². The second-order valence-corrected chi connectivity index (χ2v) is 5.07. The number of nitrogens with zero attached hydrogens (tertiary/aromatic N) is 4. The van der Waals surface area contributed by atoms with Crippen LogP contribution in [0, 0.1) is 17.0 Å². The lowest BCUT2D eigenvalue weighted by atomic mass is 10.2. The molecule has 0 radical (unpaired) electrons. The quantitative estimate of drug-likeness (QED) is 0.692. The van der Waals surface area contributed by atoms with E-state index in [0.29, 0.717) is 17.8 Å². The highest BCUT2D eigenvalue weighted by Gasteiger charge is 2.14. The number of nitro benzene ring substituents is 1. The van der Waals surface area contributed by atoms with E-state index in [4.69, 9.17) is 0 Å². The predicted molar refractivity (Wildman–Crippen MR) is 81.5 cm³/mol. The van der Waals surface area contributed by atoms with E-state index in [1.807, 2.05) is 6.20 Å². The largest absolute Gasteiger partial charge is 0.323 e. The van der Waals surface area contributed by atoms with Crippen LogP contribution in [0.2, 0.25) is 0 Å². The van der Waals surface area contributed by atoms with Crippen molar-refractivity contribution in [1.82, 2.24) is 14.7 Å². The van der Waals surface area contributed by atoms with Crippen LogP contribution in [0.3, 0.4) is 0 Å². The Balaban J connectivity index is 2.05. The number of carbonyl (C=O) groups excluding carboxylic acids is 1. The molecule has 1 heterocycles. The molecule has 0 saturated carbocycles. The molecular weight excluding hydrogens is 286 g/mol. The van der Waals surface area contributed by atoms with Crippen molar-refractivity contribution in [3.8, 4) is 0 Å². The molecule has 2 aromatic rings. The van der Waals surface area contributed by atoms with Crippen LogP contribution in [0.25, 0.3) is 0 Å². The Morgan fingerprint density at radius 3 is 2.82 bits per heavy atom. The van der Waals surface area contributed by atoms with Crippen molar-refractivity contribution in [2.24, 2.45) is 7.05 Å². The number of aromatic nitrogens is 2. The lowest BCUT2D eigenvalue weighted by molar-refractivity contribution is -0.385. The van der Waals surface area contributed by atoms with Crippen LogP contribution in [-0.4, -0.2) is 32.7 Å². The number of hydrogen-bond donors (Lipinski definition) is 1. The minimum absolute atomic E-state index is 0.0206. The monoisotopic (exact) mass is 303 g/mol. The molecule has 0 spiro atoms. The SMILES string of the molecule is Cc1ccc(NC(=O)N(C)Cc2cnn(C)c2)cc1[N+](=O)[O-]. The number of nitro groups is 1. The molecule has 0 aliphatic carbocycles. The molecular formula is C14H17N5O3. The molecule has 1 aromatic heterocycles. The number of carbonyl (C=O) groups is 1. The minimum Gasteiger partial charge on any atom is -0.323 e. The van der Waals surface area contributed by atoms with E-state index in [1.165, 1.54) is 11.0 Å². The molecule has 0 saturated heterocycles. The van der Waals surface area contributed by atoms with Gasteiger partial charge in [0, 0.05) is 43.2 Å². The van der Waals surface area contributed by atoms with Gasteiger partial charge < -0.3 is 10.2 Å².